The number of thiophene rings is 2. The number of carbonyl (C=O) groups is 5. The Hall–Kier alpha value is -3.99. The Morgan fingerprint density at radius 2 is 1.34 bits per heavy atom. The van der Waals surface area contributed by atoms with Crippen LogP contribution in [0.3, 0.4) is 0 Å². The van der Waals surface area contributed by atoms with E-state index in [1.807, 2.05) is 18.7 Å². The number of esters is 2. The predicted molar refractivity (Wildman–Crippen MR) is 202 cm³/mol. The molecule has 2 aliphatic heterocycles. The molecule has 17 heteroatoms. The van der Waals surface area contributed by atoms with Gasteiger partial charge in [-0.1, -0.05) is 0 Å². The van der Waals surface area contributed by atoms with E-state index in [0.29, 0.717) is 35.6 Å². The minimum atomic E-state index is -1.56. The number of likely N-dealkylation sites (tertiary alicyclic amines) is 2. The van der Waals surface area contributed by atoms with E-state index in [1.54, 1.807) is 59.2 Å². The van der Waals surface area contributed by atoms with Crippen LogP contribution in [0.2, 0.25) is 0 Å². The summed E-state index contributed by atoms with van der Waals surface area (Å²) in [5.41, 5.74) is 7.03. The van der Waals surface area contributed by atoms with E-state index < -0.39 is 41.5 Å². The summed E-state index contributed by atoms with van der Waals surface area (Å²) in [5.74, 6) is -1.15. The third-order valence-corrected chi connectivity index (χ3v) is 10.1. The van der Waals surface area contributed by atoms with Gasteiger partial charge in [0.05, 0.1) is 54.5 Å². The topological polar surface area (TPSA) is 158 Å². The first-order valence-electron chi connectivity index (χ1n) is 17.2. The van der Waals surface area contributed by atoms with Crippen LogP contribution in [0, 0.1) is 13.8 Å². The van der Waals surface area contributed by atoms with Crippen molar-refractivity contribution in [1.29, 1.82) is 0 Å². The van der Waals surface area contributed by atoms with Crippen molar-refractivity contribution in [2.45, 2.75) is 105 Å². The number of nitrogens with zero attached hydrogens (tertiary/aromatic N) is 3. The fourth-order valence-electron chi connectivity index (χ4n) is 5.29. The van der Waals surface area contributed by atoms with Gasteiger partial charge < -0.3 is 39.4 Å². The molecule has 298 valence electrons. The fourth-order valence-corrected chi connectivity index (χ4v) is 7.28. The van der Waals surface area contributed by atoms with Gasteiger partial charge in [-0.3, -0.25) is 4.79 Å². The summed E-state index contributed by atoms with van der Waals surface area (Å²) in [7, 11) is 2.70. The normalized spacial score (nSPS) is 18.8. The van der Waals surface area contributed by atoms with Gasteiger partial charge in [0.15, 0.2) is 12.0 Å². The number of halogens is 2. The number of anilines is 2. The van der Waals surface area contributed by atoms with Crippen LogP contribution in [0.1, 0.15) is 93.2 Å². The molecule has 4 heterocycles. The number of ketones is 1. The number of Topliss-reactive ketones (excluding diaryl/α,β-unsaturated/α-hetero) is 1. The van der Waals surface area contributed by atoms with Gasteiger partial charge >= 0.3 is 24.1 Å². The van der Waals surface area contributed by atoms with E-state index in [0.717, 1.165) is 16.1 Å². The molecule has 2 N–H and O–H groups in total. The van der Waals surface area contributed by atoms with Gasteiger partial charge in [-0.05, 0) is 79.9 Å². The number of rotatable bonds is 5. The zero-order chi connectivity index (χ0) is 40.4. The number of ether oxygens (including phenoxy) is 4. The van der Waals surface area contributed by atoms with Crippen LogP contribution in [0.25, 0.3) is 0 Å². The summed E-state index contributed by atoms with van der Waals surface area (Å²) >= 11 is 2.77. The molecular weight excluding hydrogens is 735 g/mol. The number of nitrogen functional groups attached to an aromatic ring is 1. The molecule has 0 saturated carbocycles. The average Bonchev–Trinajstić information content (AvgIpc) is 3.62. The first kappa shape index (κ1) is 45.2. The van der Waals surface area contributed by atoms with E-state index in [4.69, 9.17) is 19.9 Å². The lowest BCUT2D eigenvalue weighted by Crippen LogP contribution is -2.54. The molecule has 3 atom stereocenters. The second-order valence-electron chi connectivity index (χ2n) is 14.4. The number of piperidine rings is 2. The quantitative estimate of drug-likeness (QED) is 0.246. The minimum absolute atomic E-state index is 0.00433. The van der Waals surface area contributed by atoms with Gasteiger partial charge in [0.25, 0.3) is 0 Å². The molecule has 0 spiro atoms. The third-order valence-electron chi connectivity index (χ3n) is 8.07. The molecule has 0 aromatic carbocycles. The Morgan fingerprint density at radius 3 is 1.75 bits per heavy atom. The Balaban J connectivity index is 0.000000312. The van der Waals surface area contributed by atoms with Crippen molar-refractivity contribution >= 4 is 62.6 Å². The summed E-state index contributed by atoms with van der Waals surface area (Å²) < 4.78 is 47.8. The molecule has 2 aliphatic rings. The van der Waals surface area contributed by atoms with Crippen molar-refractivity contribution < 1.29 is 51.7 Å². The molecule has 4 rings (SSSR count). The summed E-state index contributed by atoms with van der Waals surface area (Å²) in [6.45, 7) is 17.3. The zero-order valence-electron chi connectivity index (χ0n) is 32.5. The highest BCUT2D eigenvalue weighted by molar-refractivity contribution is 7.15. The molecule has 2 aromatic rings. The summed E-state index contributed by atoms with van der Waals surface area (Å²) in [4.78, 5) is 62.1. The molecule has 2 aromatic heterocycles. The summed E-state index contributed by atoms with van der Waals surface area (Å²) in [6, 6.07) is -0.350. The molecule has 2 fully saturated rings. The lowest BCUT2D eigenvalue weighted by Gasteiger charge is -2.41. The molecule has 13 nitrogen and oxygen atoms in total. The minimum Gasteiger partial charge on any atom is -0.465 e. The van der Waals surface area contributed by atoms with Crippen LogP contribution in [-0.2, 0) is 23.7 Å². The Labute approximate surface area is 318 Å². The molecule has 0 radical (unpaired) electrons. The lowest BCUT2D eigenvalue weighted by molar-refractivity contribution is -0.127. The standard InChI is InChI=1S/C19H29FN2O4S.C10H16FNO3.C7H9NO2S/c1-7-22(16-12(2)13(11-27-16)17(23)25-6)15-8-9-21(10-14(15)20)18(24)26-19(3,4)5;1-10(2,3)15-9(14)12-5-4-8(13)7(11)6-12;1-4-5(7(9)10-2)3-11-6(4)8/h11,14-15H,7-10H2,1-6H3;7H,4-6H2,1-3H3;3H,8H2,1-2H3. The van der Waals surface area contributed by atoms with Crippen molar-refractivity contribution in [3.05, 3.63) is 33.0 Å². The summed E-state index contributed by atoms with van der Waals surface area (Å²) in [6.07, 6.45) is -3.23. The van der Waals surface area contributed by atoms with Crippen molar-refractivity contribution in [1.82, 2.24) is 9.80 Å². The maximum absolute atomic E-state index is 15.0. The lowest BCUT2D eigenvalue weighted by atomic mass is 10.0. The zero-order valence-corrected chi connectivity index (χ0v) is 34.1. The molecule has 0 bridgehead atoms. The van der Waals surface area contributed by atoms with Gasteiger partial charge in [0, 0.05) is 36.8 Å². The molecule has 2 amide bonds. The first-order chi connectivity index (χ1) is 24.5. The van der Waals surface area contributed by atoms with Crippen molar-refractivity contribution in [3.63, 3.8) is 0 Å². The van der Waals surface area contributed by atoms with Crippen molar-refractivity contribution in [3.8, 4) is 0 Å². The van der Waals surface area contributed by atoms with Crippen LogP contribution >= 0.6 is 22.7 Å². The highest BCUT2D eigenvalue weighted by Gasteiger charge is 2.38. The average molecular weight is 789 g/mol. The number of nitrogens with two attached hydrogens (primary N) is 1. The van der Waals surface area contributed by atoms with Gasteiger partial charge in [-0.15, -0.1) is 22.7 Å². The smallest absolute Gasteiger partial charge is 0.410 e. The molecule has 3 unspecified atom stereocenters. The first-order valence-corrected chi connectivity index (χ1v) is 18.9. The Morgan fingerprint density at radius 1 is 0.849 bits per heavy atom. The van der Waals surface area contributed by atoms with Gasteiger partial charge in [0.2, 0.25) is 0 Å². The maximum Gasteiger partial charge on any atom is 0.410 e. The number of amides is 2. The van der Waals surface area contributed by atoms with Gasteiger partial charge in [-0.2, -0.15) is 0 Å². The van der Waals surface area contributed by atoms with Crippen LogP contribution in [0.4, 0.5) is 28.4 Å². The highest BCUT2D eigenvalue weighted by atomic mass is 32.1. The monoisotopic (exact) mass is 788 g/mol. The van der Waals surface area contributed by atoms with Crippen molar-refractivity contribution in [2.24, 2.45) is 0 Å². The van der Waals surface area contributed by atoms with Crippen LogP contribution in [0.15, 0.2) is 10.8 Å². The molecule has 0 aliphatic carbocycles. The van der Waals surface area contributed by atoms with E-state index in [9.17, 15) is 32.8 Å². The third kappa shape index (κ3) is 13.1. The van der Waals surface area contributed by atoms with Crippen LogP contribution in [-0.4, -0.2) is 116 Å². The van der Waals surface area contributed by atoms with E-state index in [2.05, 4.69) is 4.74 Å². The van der Waals surface area contributed by atoms with Gasteiger partial charge in [0.1, 0.15) is 17.4 Å². The predicted octanol–water partition coefficient (Wildman–Crippen LogP) is 6.98. The van der Waals surface area contributed by atoms with E-state index >= 15 is 0 Å². The van der Waals surface area contributed by atoms with Crippen molar-refractivity contribution in [2.75, 3.05) is 57.6 Å². The fraction of sp³-hybridized carbons (Fsp3) is 0.639. The number of carbonyl (C=O) groups excluding carboxylic acids is 5. The Kier molecular flexibility index (Phi) is 16.5. The largest absolute Gasteiger partial charge is 0.465 e. The maximum atomic E-state index is 15.0. The van der Waals surface area contributed by atoms with E-state index in [1.165, 1.54) is 46.7 Å². The van der Waals surface area contributed by atoms with Crippen LogP contribution < -0.4 is 10.6 Å². The van der Waals surface area contributed by atoms with Crippen LogP contribution in [0.5, 0.6) is 0 Å². The second kappa shape index (κ2) is 19.4. The van der Waals surface area contributed by atoms with E-state index in [-0.39, 0.29) is 44.0 Å². The molecular formula is C36H54F2N4O9S2. The number of methoxy groups -OCH3 is 2. The second-order valence-corrected chi connectivity index (χ2v) is 16.2. The number of hydrogen-bond donors (Lipinski definition) is 1. The summed E-state index contributed by atoms with van der Waals surface area (Å²) in [5, 5.41) is 5.00. The molecule has 53 heavy (non-hydrogen) atoms. The Bertz CT molecular complexity index is 1580. The number of alkyl halides is 2. The number of hydrogen-bond acceptors (Lipinski definition) is 13. The van der Waals surface area contributed by atoms with Gasteiger partial charge in [-0.25, -0.2) is 28.0 Å². The highest BCUT2D eigenvalue weighted by Crippen LogP contribution is 2.35. The SMILES string of the molecule is CC(C)(C)OC(=O)N1CCC(=O)C(F)C1.CCN(c1scc(C(=O)OC)c1C)C1CCN(C(=O)OC(C)(C)C)CC1F.COC(=O)c1csc(N)c1C. The molecule has 2 saturated heterocycles.